The van der Waals surface area contributed by atoms with Crippen LogP contribution in [0.2, 0.25) is 0 Å². The van der Waals surface area contributed by atoms with Gasteiger partial charge in [0.1, 0.15) is 5.75 Å². The Morgan fingerprint density at radius 3 is 3.00 bits per heavy atom. The minimum absolute atomic E-state index is 0.818. The predicted molar refractivity (Wildman–Crippen MR) is 63.4 cm³/mol. The van der Waals surface area contributed by atoms with Crippen LogP contribution >= 0.6 is 0 Å². The molecule has 1 aliphatic heterocycles. The Bertz CT molecular complexity index is 328. The van der Waals surface area contributed by atoms with Crippen LogP contribution in [-0.4, -0.2) is 6.61 Å². The second-order valence-corrected chi connectivity index (χ2v) is 4.78. The monoisotopic (exact) mass is 204 g/mol. The molecular formula is C14H20O. The minimum Gasteiger partial charge on any atom is -0.493 e. The summed E-state index contributed by atoms with van der Waals surface area (Å²) >= 11 is 0. The van der Waals surface area contributed by atoms with Crippen LogP contribution < -0.4 is 4.74 Å². The molecule has 15 heavy (non-hydrogen) atoms. The van der Waals surface area contributed by atoms with Gasteiger partial charge in [-0.15, -0.1) is 0 Å². The molecule has 2 rings (SSSR count). The summed E-state index contributed by atoms with van der Waals surface area (Å²) < 4.78 is 5.57. The molecule has 0 aliphatic carbocycles. The molecule has 0 bridgehead atoms. The third-order valence-corrected chi connectivity index (χ3v) is 3.07. The molecule has 1 heteroatoms. The molecule has 0 saturated heterocycles. The van der Waals surface area contributed by atoms with E-state index in [1.807, 2.05) is 0 Å². The van der Waals surface area contributed by atoms with Gasteiger partial charge in [0.15, 0.2) is 0 Å². The zero-order valence-corrected chi connectivity index (χ0v) is 9.75. The SMILES string of the molecule is CC(C)CCCc1cccc2c1CCO2. The Morgan fingerprint density at radius 1 is 1.33 bits per heavy atom. The molecule has 82 valence electrons. The Balaban J connectivity index is 2.00. The molecule has 0 radical (unpaired) electrons. The van der Waals surface area contributed by atoms with Crippen molar-refractivity contribution in [2.45, 2.75) is 39.5 Å². The maximum atomic E-state index is 5.57. The van der Waals surface area contributed by atoms with Crippen LogP contribution in [0.25, 0.3) is 0 Å². The van der Waals surface area contributed by atoms with Gasteiger partial charge in [0.2, 0.25) is 0 Å². The first-order valence-corrected chi connectivity index (χ1v) is 6.01. The van der Waals surface area contributed by atoms with Gasteiger partial charge in [-0.05, 0) is 30.4 Å². The molecule has 0 spiro atoms. The second kappa shape index (κ2) is 4.69. The van der Waals surface area contributed by atoms with Gasteiger partial charge in [-0.1, -0.05) is 32.4 Å². The Kier molecular flexibility index (Phi) is 3.30. The van der Waals surface area contributed by atoms with Gasteiger partial charge in [-0.25, -0.2) is 0 Å². The van der Waals surface area contributed by atoms with Crippen molar-refractivity contribution in [1.29, 1.82) is 0 Å². The highest BCUT2D eigenvalue weighted by atomic mass is 16.5. The van der Waals surface area contributed by atoms with Crippen molar-refractivity contribution in [2.75, 3.05) is 6.61 Å². The maximum Gasteiger partial charge on any atom is 0.122 e. The van der Waals surface area contributed by atoms with Crippen LogP contribution in [0.4, 0.5) is 0 Å². The van der Waals surface area contributed by atoms with Crippen molar-refractivity contribution in [1.82, 2.24) is 0 Å². The summed E-state index contributed by atoms with van der Waals surface area (Å²) in [6, 6.07) is 6.47. The number of hydrogen-bond donors (Lipinski definition) is 0. The van der Waals surface area contributed by atoms with Crippen LogP contribution in [0.1, 0.15) is 37.8 Å². The van der Waals surface area contributed by atoms with E-state index in [-0.39, 0.29) is 0 Å². The number of aryl methyl sites for hydroxylation is 1. The van der Waals surface area contributed by atoms with Crippen molar-refractivity contribution < 1.29 is 4.74 Å². The van der Waals surface area contributed by atoms with Crippen LogP contribution in [0.3, 0.4) is 0 Å². The number of fused-ring (bicyclic) bond motifs is 1. The van der Waals surface area contributed by atoms with Gasteiger partial charge in [-0.2, -0.15) is 0 Å². The maximum absolute atomic E-state index is 5.57. The third kappa shape index (κ3) is 2.53. The molecule has 0 fully saturated rings. The lowest BCUT2D eigenvalue weighted by Crippen LogP contribution is -1.94. The molecule has 1 heterocycles. The lowest BCUT2D eigenvalue weighted by atomic mass is 9.98. The van der Waals surface area contributed by atoms with Crippen LogP contribution in [0.15, 0.2) is 18.2 Å². The van der Waals surface area contributed by atoms with Gasteiger partial charge in [-0.3, -0.25) is 0 Å². The van der Waals surface area contributed by atoms with E-state index in [9.17, 15) is 0 Å². The molecule has 0 amide bonds. The molecule has 1 aromatic carbocycles. The highest BCUT2D eigenvalue weighted by Gasteiger charge is 2.14. The molecule has 0 N–H and O–H groups in total. The summed E-state index contributed by atoms with van der Waals surface area (Å²) in [7, 11) is 0. The second-order valence-electron chi connectivity index (χ2n) is 4.78. The van der Waals surface area contributed by atoms with Gasteiger partial charge in [0.05, 0.1) is 6.61 Å². The summed E-state index contributed by atoms with van der Waals surface area (Å²) in [5, 5.41) is 0. The van der Waals surface area contributed by atoms with Crippen LogP contribution in [0.5, 0.6) is 5.75 Å². The Hall–Kier alpha value is -0.980. The lowest BCUT2D eigenvalue weighted by Gasteiger charge is -2.08. The zero-order chi connectivity index (χ0) is 10.7. The van der Waals surface area contributed by atoms with Crippen LogP contribution in [0, 0.1) is 5.92 Å². The molecular weight excluding hydrogens is 184 g/mol. The molecule has 1 aromatic rings. The van der Waals surface area contributed by atoms with Crippen molar-refractivity contribution in [3.8, 4) is 5.75 Å². The standard InChI is InChI=1S/C14H20O/c1-11(2)5-3-6-12-7-4-8-14-13(12)9-10-15-14/h4,7-8,11H,3,5-6,9-10H2,1-2H3. The van der Waals surface area contributed by atoms with Crippen LogP contribution in [-0.2, 0) is 12.8 Å². The molecule has 0 atom stereocenters. The van der Waals surface area contributed by atoms with Crippen molar-refractivity contribution >= 4 is 0 Å². The van der Waals surface area contributed by atoms with Crippen molar-refractivity contribution in [3.05, 3.63) is 29.3 Å². The van der Waals surface area contributed by atoms with Gasteiger partial charge < -0.3 is 4.74 Å². The normalized spacial score (nSPS) is 14.1. The number of rotatable bonds is 4. The molecule has 1 nitrogen and oxygen atoms in total. The largest absolute Gasteiger partial charge is 0.493 e. The summed E-state index contributed by atoms with van der Waals surface area (Å²) in [5.74, 6) is 1.94. The summed E-state index contributed by atoms with van der Waals surface area (Å²) in [5.41, 5.74) is 2.96. The van der Waals surface area contributed by atoms with E-state index in [0.717, 1.165) is 24.7 Å². The smallest absolute Gasteiger partial charge is 0.122 e. The number of hydrogen-bond acceptors (Lipinski definition) is 1. The fraction of sp³-hybridized carbons (Fsp3) is 0.571. The molecule has 1 aliphatic rings. The zero-order valence-electron chi connectivity index (χ0n) is 9.75. The summed E-state index contributed by atoms with van der Waals surface area (Å²) in [6.45, 7) is 5.45. The van der Waals surface area contributed by atoms with Crippen molar-refractivity contribution in [2.24, 2.45) is 5.92 Å². The van der Waals surface area contributed by atoms with E-state index >= 15 is 0 Å². The highest BCUT2D eigenvalue weighted by molar-refractivity contribution is 5.42. The highest BCUT2D eigenvalue weighted by Crippen LogP contribution is 2.29. The van der Waals surface area contributed by atoms with E-state index in [1.54, 1.807) is 0 Å². The average Bonchev–Trinajstić information content (AvgIpc) is 2.65. The lowest BCUT2D eigenvalue weighted by molar-refractivity contribution is 0.357. The Labute approximate surface area is 92.5 Å². The van der Waals surface area contributed by atoms with Gasteiger partial charge in [0, 0.05) is 12.0 Å². The van der Waals surface area contributed by atoms with E-state index in [0.29, 0.717) is 0 Å². The number of ether oxygens (including phenoxy) is 1. The molecule has 0 saturated carbocycles. The third-order valence-electron chi connectivity index (χ3n) is 3.07. The molecule has 0 unspecified atom stereocenters. The fourth-order valence-electron chi connectivity index (χ4n) is 2.23. The van der Waals surface area contributed by atoms with E-state index in [1.165, 1.54) is 30.4 Å². The number of benzene rings is 1. The summed E-state index contributed by atoms with van der Waals surface area (Å²) in [6.07, 6.45) is 4.94. The average molecular weight is 204 g/mol. The van der Waals surface area contributed by atoms with E-state index in [2.05, 4.69) is 32.0 Å². The van der Waals surface area contributed by atoms with E-state index < -0.39 is 0 Å². The predicted octanol–water partition coefficient (Wildman–Crippen LogP) is 3.60. The topological polar surface area (TPSA) is 9.23 Å². The first-order valence-electron chi connectivity index (χ1n) is 6.01. The van der Waals surface area contributed by atoms with Crippen molar-refractivity contribution in [3.63, 3.8) is 0 Å². The first-order chi connectivity index (χ1) is 7.27. The summed E-state index contributed by atoms with van der Waals surface area (Å²) in [4.78, 5) is 0. The molecule has 0 aromatic heterocycles. The van der Waals surface area contributed by atoms with Gasteiger partial charge in [0.25, 0.3) is 0 Å². The Morgan fingerprint density at radius 2 is 2.20 bits per heavy atom. The van der Waals surface area contributed by atoms with Gasteiger partial charge >= 0.3 is 0 Å². The quantitative estimate of drug-likeness (QED) is 0.728. The minimum atomic E-state index is 0.818. The van der Waals surface area contributed by atoms with E-state index in [4.69, 9.17) is 4.74 Å². The first kappa shape index (κ1) is 10.5. The fourth-order valence-corrected chi connectivity index (χ4v) is 2.23.